The molecule has 0 spiro atoms. The number of aromatic hydroxyl groups is 1. The van der Waals surface area contributed by atoms with Gasteiger partial charge in [0, 0.05) is 28.8 Å². The summed E-state index contributed by atoms with van der Waals surface area (Å²) in [6.45, 7) is 1.97. The highest BCUT2D eigenvalue weighted by Crippen LogP contribution is 2.39. The number of carbonyl (C=O) groups is 2. The normalized spacial score (nSPS) is 15.8. The first-order chi connectivity index (χ1) is 15.5. The summed E-state index contributed by atoms with van der Waals surface area (Å²) in [6, 6.07) is 14.1. The predicted molar refractivity (Wildman–Crippen MR) is 122 cm³/mol. The van der Waals surface area contributed by atoms with Crippen LogP contribution in [0.15, 0.2) is 48.5 Å². The molecule has 7 heteroatoms. The van der Waals surface area contributed by atoms with Crippen molar-refractivity contribution in [3.05, 3.63) is 65.4 Å². The van der Waals surface area contributed by atoms with Crippen molar-refractivity contribution in [1.82, 2.24) is 15.1 Å². The van der Waals surface area contributed by atoms with Gasteiger partial charge in [-0.05, 0) is 69.0 Å². The number of nitrogens with one attached hydrogen (secondary N) is 2. The molecular formula is C25H26N4O3. The Kier molecular flexibility index (Phi) is 5.17. The van der Waals surface area contributed by atoms with Crippen LogP contribution in [0.25, 0.3) is 11.3 Å². The van der Waals surface area contributed by atoms with E-state index >= 15 is 0 Å². The third-order valence-corrected chi connectivity index (χ3v) is 6.20. The second kappa shape index (κ2) is 8.15. The van der Waals surface area contributed by atoms with Crippen molar-refractivity contribution >= 4 is 17.6 Å². The number of aryl methyl sites for hydroxylation is 1. The maximum atomic E-state index is 12.8. The molecule has 5 rings (SSSR count). The molecule has 0 saturated heterocycles. The van der Waals surface area contributed by atoms with Crippen molar-refractivity contribution in [3.63, 3.8) is 0 Å². The summed E-state index contributed by atoms with van der Waals surface area (Å²) in [4.78, 5) is 25.4. The van der Waals surface area contributed by atoms with Gasteiger partial charge in [-0.25, -0.2) is 4.79 Å². The largest absolute Gasteiger partial charge is 0.507 e. The molecule has 0 atom stereocenters. The zero-order valence-corrected chi connectivity index (χ0v) is 18.0. The second-order valence-electron chi connectivity index (χ2n) is 8.77. The minimum atomic E-state index is -0.230. The van der Waals surface area contributed by atoms with Crippen LogP contribution < -0.4 is 10.6 Å². The van der Waals surface area contributed by atoms with E-state index in [0.29, 0.717) is 28.4 Å². The minimum Gasteiger partial charge on any atom is -0.507 e. The van der Waals surface area contributed by atoms with Crippen LogP contribution in [0.2, 0.25) is 0 Å². The highest BCUT2D eigenvalue weighted by atomic mass is 16.3. The summed E-state index contributed by atoms with van der Waals surface area (Å²) in [6.07, 6.45) is 5.20. The lowest BCUT2D eigenvalue weighted by atomic mass is 9.82. The average Bonchev–Trinajstić information content (AvgIpc) is 3.45. The van der Waals surface area contributed by atoms with Gasteiger partial charge >= 0.3 is 6.03 Å². The van der Waals surface area contributed by atoms with E-state index in [0.717, 1.165) is 43.4 Å². The fourth-order valence-corrected chi connectivity index (χ4v) is 3.88. The number of nitrogens with zero attached hydrogens (tertiary/aromatic N) is 2. The molecule has 1 heterocycles. The zero-order chi connectivity index (χ0) is 22.2. The van der Waals surface area contributed by atoms with Crippen LogP contribution >= 0.6 is 0 Å². The highest BCUT2D eigenvalue weighted by molar-refractivity contribution is 6.04. The van der Waals surface area contributed by atoms with E-state index in [2.05, 4.69) is 15.7 Å². The summed E-state index contributed by atoms with van der Waals surface area (Å²) >= 11 is 0. The first-order valence-corrected chi connectivity index (χ1v) is 11.1. The van der Waals surface area contributed by atoms with Gasteiger partial charge in [-0.15, -0.1) is 0 Å². The summed E-state index contributed by atoms with van der Waals surface area (Å²) in [5.41, 5.74) is 4.05. The molecular weight excluding hydrogens is 404 g/mol. The van der Waals surface area contributed by atoms with Crippen molar-refractivity contribution in [2.75, 3.05) is 5.32 Å². The Morgan fingerprint density at radius 2 is 1.78 bits per heavy atom. The number of benzene rings is 2. The molecule has 0 radical (unpaired) electrons. The number of carbonyl (C=O) groups excluding carboxylic acids is 2. The lowest BCUT2D eigenvalue weighted by Gasteiger charge is -2.25. The Balaban J connectivity index is 1.43. The SMILES string of the molecule is Cc1ccc(C(=O)Nc2ccc(O)c(-c3cc(C4CCC4)n(C(=O)NC4CC4)n3)c2)cc1. The Hall–Kier alpha value is -3.61. The number of hydrogen-bond donors (Lipinski definition) is 3. The third kappa shape index (κ3) is 4.10. The first-order valence-electron chi connectivity index (χ1n) is 11.1. The number of hydrogen-bond acceptors (Lipinski definition) is 4. The lowest BCUT2D eigenvalue weighted by molar-refractivity contribution is 0.102. The first kappa shape index (κ1) is 20.3. The van der Waals surface area contributed by atoms with E-state index in [9.17, 15) is 14.7 Å². The molecule has 0 aliphatic heterocycles. The number of anilines is 1. The molecule has 0 bridgehead atoms. The van der Waals surface area contributed by atoms with Gasteiger partial charge in [0.15, 0.2) is 0 Å². The van der Waals surface area contributed by atoms with Gasteiger partial charge in [0.05, 0.1) is 11.4 Å². The fourth-order valence-electron chi connectivity index (χ4n) is 3.88. The summed E-state index contributed by atoms with van der Waals surface area (Å²) in [5, 5.41) is 20.9. The van der Waals surface area contributed by atoms with Crippen molar-refractivity contribution in [3.8, 4) is 17.0 Å². The molecule has 7 nitrogen and oxygen atoms in total. The number of phenolic OH excluding ortho intramolecular Hbond substituents is 1. The molecule has 2 aromatic carbocycles. The molecule has 0 unspecified atom stereocenters. The molecule has 1 aromatic heterocycles. The van der Waals surface area contributed by atoms with E-state index in [-0.39, 0.29) is 23.7 Å². The monoisotopic (exact) mass is 430 g/mol. The van der Waals surface area contributed by atoms with E-state index in [1.807, 2.05) is 25.1 Å². The van der Waals surface area contributed by atoms with E-state index in [1.54, 1.807) is 24.3 Å². The minimum absolute atomic E-state index is 0.0470. The van der Waals surface area contributed by atoms with Crippen LogP contribution in [0.1, 0.15) is 59.6 Å². The predicted octanol–water partition coefficient (Wildman–Crippen LogP) is 4.80. The van der Waals surface area contributed by atoms with E-state index in [4.69, 9.17) is 0 Å². The number of phenols is 1. The molecule has 2 aliphatic rings. The quantitative estimate of drug-likeness (QED) is 0.507. The Morgan fingerprint density at radius 1 is 1.03 bits per heavy atom. The van der Waals surface area contributed by atoms with Crippen molar-refractivity contribution in [2.45, 2.75) is 51.0 Å². The van der Waals surface area contributed by atoms with Crippen molar-refractivity contribution < 1.29 is 14.7 Å². The smallest absolute Gasteiger partial charge is 0.342 e. The van der Waals surface area contributed by atoms with Crippen molar-refractivity contribution in [1.29, 1.82) is 0 Å². The Labute approximate surface area is 186 Å². The zero-order valence-electron chi connectivity index (χ0n) is 18.0. The number of rotatable bonds is 5. The average molecular weight is 431 g/mol. The van der Waals surface area contributed by atoms with Crippen LogP contribution in [-0.2, 0) is 0 Å². The van der Waals surface area contributed by atoms with Gasteiger partial charge < -0.3 is 15.7 Å². The molecule has 2 fully saturated rings. The standard InChI is InChI=1S/C25H26N4O3/c1-15-5-7-17(8-6-15)24(31)26-19-11-12-23(30)20(13-19)21-14-22(16-3-2-4-16)29(28-21)25(32)27-18-9-10-18/h5-8,11-14,16,18,30H,2-4,9-10H2,1H3,(H,26,31)(H,27,32). The van der Waals surface area contributed by atoms with Crippen LogP contribution in [0, 0.1) is 6.92 Å². The fraction of sp³-hybridized carbons (Fsp3) is 0.320. The van der Waals surface area contributed by atoms with Gasteiger partial charge in [0.1, 0.15) is 5.75 Å². The second-order valence-corrected chi connectivity index (χ2v) is 8.77. The molecule has 32 heavy (non-hydrogen) atoms. The van der Waals surface area contributed by atoms with Crippen LogP contribution in [0.5, 0.6) is 5.75 Å². The van der Waals surface area contributed by atoms with Crippen LogP contribution in [-0.4, -0.2) is 32.9 Å². The maximum Gasteiger partial charge on any atom is 0.342 e. The summed E-state index contributed by atoms with van der Waals surface area (Å²) in [5.74, 6) is 0.115. The molecule has 2 saturated carbocycles. The molecule has 164 valence electrons. The molecule has 2 aliphatic carbocycles. The summed E-state index contributed by atoms with van der Waals surface area (Å²) < 4.78 is 1.45. The van der Waals surface area contributed by atoms with Crippen LogP contribution in [0.4, 0.5) is 10.5 Å². The van der Waals surface area contributed by atoms with Gasteiger partial charge in [0.2, 0.25) is 0 Å². The van der Waals surface area contributed by atoms with Gasteiger partial charge in [-0.1, -0.05) is 24.1 Å². The Bertz CT molecular complexity index is 1170. The number of aromatic nitrogens is 2. The maximum absolute atomic E-state index is 12.8. The molecule has 3 aromatic rings. The van der Waals surface area contributed by atoms with Crippen LogP contribution in [0.3, 0.4) is 0 Å². The third-order valence-electron chi connectivity index (χ3n) is 6.20. The molecule has 2 amide bonds. The number of amides is 2. The van der Waals surface area contributed by atoms with Crippen molar-refractivity contribution in [2.24, 2.45) is 0 Å². The molecule has 3 N–H and O–H groups in total. The van der Waals surface area contributed by atoms with Gasteiger partial charge in [-0.3, -0.25) is 4.79 Å². The van der Waals surface area contributed by atoms with Gasteiger partial charge in [0.25, 0.3) is 5.91 Å². The summed E-state index contributed by atoms with van der Waals surface area (Å²) in [7, 11) is 0. The van der Waals surface area contributed by atoms with Gasteiger partial charge in [-0.2, -0.15) is 9.78 Å². The lowest BCUT2D eigenvalue weighted by Crippen LogP contribution is -2.33. The van der Waals surface area contributed by atoms with E-state index in [1.165, 1.54) is 10.7 Å². The highest BCUT2D eigenvalue weighted by Gasteiger charge is 2.30. The topological polar surface area (TPSA) is 96.2 Å². The Morgan fingerprint density at radius 3 is 2.44 bits per heavy atom. The van der Waals surface area contributed by atoms with E-state index < -0.39 is 0 Å².